The highest BCUT2D eigenvalue weighted by atomic mass is 35.5. The van der Waals surface area contributed by atoms with Crippen LogP contribution in [0.2, 0.25) is 0 Å². The number of rotatable bonds is 5. The summed E-state index contributed by atoms with van der Waals surface area (Å²) in [5.74, 6) is -0.0253. The van der Waals surface area contributed by atoms with Crippen LogP contribution >= 0.6 is 0 Å². The van der Waals surface area contributed by atoms with Crippen molar-refractivity contribution in [2.75, 3.05) is 11.4 Å². The lowest BCUT2D eigenvalue weighted by Crippen LogP contribution is -3.00. The molecule has 0 aliphatic heterocycles. The van der Waals surface area contributed by atoms with E-state index >= 15 is 0 Å². The molecule has 1 heterocycles. The highest BCUT2D eigenvalue weighted by Gasteiger charge is 2.18. The number of hydrogen-bond acceptors (Lipinski definition) is 2. The van der Waals surface area contributed by atoms with E-state index in [4.69, 9.17) is 5.26 Å². The van der Waals surface area contributed by atoms with Gasteiger partial charge in [-0.3, -0.25) is 4.79 Å². The van der Waals surface area contributed by atoms with Gasteiger partial charge in [-0.15, -0.1) is 0 Å². The van der Waals surface area contributed by atoms with Gasteiger partial charge in [0.15, 0.2) is 12.4 Å². The Morgan fingerprint density at radius 1 is 1.10 bits per heavy atom. The van der Waals surface area contributed by atoms with Crippen LogP contribution in [0.15, 0.2) is 60.9 Å². The predicted molar refractivity (Wildman–Crippen MR) is 75.7 cm³/mol. The Hall–Kier alpha value is -2.38. The highest BCUT2D eigenvalue weighted by Crippen LogP contribution is 2.13. The zero-order chi connectivity index (χ0) is 14.2. The van der Waals surface area contributed by atoms with Crippen LogP contribution in [0.25, 0.3) is 0 Å². The van der Waals surface area contributed by atoms with Gasteiger partial charge in [0.25, 0.3) is 5.91 Å². The molecule has 5 heteroatoms. The summed E-state index contributed by atoms with van der Waals surface area (Å²) in [4.78, 5) is 14.1. The third kappa shape index (κ3) is 4.90. The molecule has 0 N–H and O–H groups in total. The van der Waals surface area contributed by atoms with Crippen molar-refractivity contribution >= 4 is 11.6 Å². The summed E-state index contributed by atoms with van der Waals surface area (Å²) in [6, 6.07) is 17.2. The largest absolute Gasteiger partial charge is 1.00 e. The van der Waals surface area contributed by atoms with Crippen molar-refractivity contribution in [1.29, 1.82) is 5.26 Å². The van der Waals surface area contributed by atoms with Crippen molar-refractivity contribution in [3.05, 3.63) is 60.9 Å². The number of para-hydroxylation sites is 1. The number of aromatic nitrogens is 1. The molecule has 0 spiro atoms. The maximum Gasteiger partial charge on any atom is 0.292 e. The van der Waals surface area contributed by atoms with Gasteiger partial charge in [0.1, 0.15) is 0 Å². The second-order valence-corrected chi connectivity index (χ2v) is 4.34. The summed E-state index contributed by atoms with van der Waals surface area (Å²) in [7, 11) is 0. The lowest BCUT2D eigenvalue weighted by molar-refractivity contribution is -0.684. The minimum Gasteiger partial charge on any atom is -1.00 e. The number of carbonyl (C=O) groups is 1. The summed E-state index contributed by atoms with van der Waals surface area (Å²) < 4.78 is 1.82. The molecule has 0 radical (unpaired) electrons. The van der Waals surface area contributed by atoms with Crippen LogP contribution < -0.4 is 21.9 Å². The number of benzene rings is 1. The number of nitriles is 1. The van der Waals surface area contributed by atoms with Gasteiger partial charge in [-0.1, -0.05) is 24.3 Å². The lowest BCUT2D eigenvalue weighted by Gasteiger charge is -2.20. The number of hydrogen-bond donors (Lipinski definition) is 0. The number of carbonyl (C=O) groups excluding carboxylic acids is 1. The van der Waals surface area contributed by atoms with Crippen LogP contribution in [-0.2, 0) is 11.3 Å². The molecule has 0 aliphatic carbocycles. The molecule has 2 rings (SSSR count). The average Bonchev–Trinajstić information content (AvgIpc) is 2.50. The Morgan fingerprint density at radius 2 is 1.71 bits per heavy atom. The molecule has 0 saturated heterocycles. The van der Waals surface area contributed by atoms with Crippen molar-refractivity contribution in [1.82, 2.24) is 0 Å². The van der Waals surface area contributed by atoms with Crippen LogP contribution in [0.4, 0.5) is 5.69 Å². The zero-order valence-electron chi connectivity index (χ0n) is 11.5. The topological polar surface area (TPSA) is 48.0 Å². The third-order valence-corrected chi connectivity index (χ3v) is 2.91. The fourth-order valence-electron chi connectivity index (χ4n) is 1.95. The monoisotopic (exact) mass is 301 g/mol. The standard InChI is InChI=1S/C16H16N3O.ClH/c17-10-7-13-19(15-8-3-1-4-9-15)16(20)14-18-11-5-2-6-12-18;/h1-6,8-9,11-12H,7,13-14H2;1H/q+1;/p-1. The van der Waals surface area contributed by atoms with Gasteiger partial charge in [-0.25, -0.2) is 0 Å². The van der Waals surface area contributed by atoms with E-state index in [1.54, 1.807) is 4.90 Å². The van der Waals surface area contributed by atoms with E-state index in [0.29, 0.717) is 13.0 Å². The predicted octanol–water partition coefficient (Wildman–Crippen LogP) is -1.08. The first-order valence-corrected chi connectivity index (χ1v) is 6.47. The van der Waals surface area contributed by atoms with E-state index in [9.17, 15) is 4.79 Å². The third-order valence-electron chi connectivity index (χ3n) is 2.91. The Kier molecular flexibility index (Phi) is 6.93. The van der Waals surface area contributed by atoms with Gasteiger partial charge in [0.05, 0.1) is 12.5 Å². The Labute approximate surface area is 130 Å². The van der Waals surface area contributed by atoms with Crippen molar-refractivity contribution in [3.63, 3.8) is 0 Å². The fraction of sp³-hybridized carbons (Fsp3) is 0.188. The van der Waals surface area contributed by atoms with Gasteiger partial charge in [0, 0.05) is 24.4 Å². The fourth-order valence-corrected chi connectivity index (χ4v) is 1.95. The van der Waals surface area contributed by atoms with E-state index in [-0.39, 0.29) is 24.9 Å². The first-order valence-electron chi connectivity index (χ1n) is 6.47. The molecule has 2 aromatic rings. The Bertz CT molecular complexity index is 596. The van der Waals surface area contributed by atoms with Gasteiger partial charge >= 0.3 is 0 Å². The van der Waals surface area contributed by atoms with E-state index in [2.05, 4.69) is 6.07 Å². The van der Waals surface area contributed by atoms with Crippen LogP contribution in [0.5, 0.6) is 0 Å². The van der Waals surface area contributed by atoms with E-state index in [1.165, 1.54) is 0 Å². The molecule has 0 atom stereocenters. The lowest BCUT2D eigenvalue weighted by atomic mass is 10.2. The molecule has 1 aromatic heterocycles. The van der Waals surface area contributed by atoms with Gasteiger partial charge in [0.2, 0.25) is 6.54 Å². The van der Waals surface area contributed by atoms with E-state index in [1.807, 2.05) is 65.5 Å². The van der Waals surface area contributed by atoms with Crippen LogP contribution in [-0.4, -0.2) is 12.5 Å². The molecular formula is C16H16ClN3O. The van der Waals surface area contributed by atoms with E-state index in [0.717, 1.165) is 5.69 Å². The van der Waals surface area contributed by atoms with Crippen molar-refractivity contribution in [3.8, 4) is 6.07 Å². The summed E-state index contributed by atoms with van der Waals surface area (Å²) >= 11 is 0. The second kappa shape index (κ2) is 8.72. The molecule has 0 saturated carbocycles. The van der Waals surface area contributed by atoms with Gasteiger partial charge in [-0.2, -0.15) is 9.83 Å². The average molecular weight is 302 g/mol. The van der Waals surface area contributed by atoms with Crippen molar-refractivity contribution < 1.29 is 21.8 Å². The summed E-state index contributed by atoms with van der Waals surface area (Å²) in [5.41, 5.74) is 0.823. The minimum absolute atomic E-state index is 0. The molecule has 108 valence electrons. The summed E-state index contributed by atoms with van der Waals surface area (Å²) in [6.07, 6.45) is 4.02. The Morgan fingerprint density at radius 3 is 2.33 bits per heavy atom. The molecule has 21 heavy (non-hydrogen) atoms. The molecule has 4 nitrogen and oxygen atoms in total. The van der Waals surface area contributed by atoms with Crippen molar-refractivity contribution in [2.24, 2.45) is 0 Å². The first-order chi connectivity index (χ1) is 9.81. The summed E-state index contributed by atoms with van der Waals surface area (Å²) in [6.45, 7) is 0.675. The maximum atomic E-state index is 12.4. The van der Waals surface area contributed by atoms with Crippen LogP contribution in [0.3, 0.4) is 0 Å². The first kappa shape index (κ1) is 16.7. The second-order valence-electron chi connectivity index (χ2n) is 4.34. The molecule has 1 amide bonds. The normalized spacial score (nSPS) is 9.29. The quantitative estimate of drug-likeness (QED) is 0.660. The molecular weight excluding hydrogens is 286 g/mol. The van der Waals surface area contributed by atoms with Gasteiger partial charge in [-0.05, 0) is 12.1 Å². The molecule has 1 aromatic carbocycles. The smallest absolute Gasteiger partial charge is 0.292 e. The number of halogens is 1. The maximum absolute atomic E-state index is 12.4. The van der Waals surface area contributed by atoms with Gasteiger partial charge < -0.3 is 17.3 Å². The summed E-state index contributed by atoms with van der Waals surface area (Å²) in [5, 5.41) is 8.74. The zero-order valence-corrected chi connectivity index (χ0v) is 12.3. The molecule has 0 unspecified atom stereocenters. The molecule has 0 fully saturated rings. The minimum atomic E-state index is -0.0253. The highest BCUT2D eigenvalue weighted by molar-refractivity contribution is 5.92. The number of amides is 1. The molecule has 0 aliphatic rings. The Balaban J connectivity index is 0.00000220. The van der Waals surface area contributed by atoms with Crippen molar-refractivity contribution in [2.45, 2.75) is 13.0 Å². The van der Waals surface area contributed by atoms with Crippen LogP contribution in [0.1, 0.15) is 6.42 Å². The molecule has 0 bridgehead atoms. The number of pyridine rings is 1. The number of anilines is 1. The SMILES string of the molecule is N#CCCN(C(=O)C[n+]1ccccc1)c1ccccc1.[Cl-]. The number of nitrogens with zero attached hydrogens (tertiary/aromatic N) is 3. The van der Waals surface area contributed by atoms with E-state index < -0.39 is 0 Å². The van der Waals surface area contributed by atoms with Crippen LogP contribution in [0, 0.1) is 11.3 Å².